The number of fused-ring (bicyclic) bond motifs is 1. The molecular weight excluding hydrogens is 322 g/mol. The Morgan fingerprint density at radius 2 is 2.17 bits per heavy atom. The summed E-state index contributed by atoms with van der Waals surface area (Å²) in [5.74, 6) is 1.71. The van der Waals surface area contributed by atoms with E-state index in [1.54, 1.807) is 18.9 Å². The number of aliphatic hydroxyl groups is 1. The summed E-state index contributed by atoms with van der Waals surface area (Å²) in [6.45, 7) is 0.110. The van der Waals surface area contributed by atoms with Crippen LogP contribution in [0.5, 0.6) is 5.75 Å². The Hall–Kier alpha value is -1.66. The highest BCUT2D eigenvalue weighted by Crippen LogP contribution is 2.34. The van der Waals surface area contributed by atoms with Gasteiger partial charge in [-0.1, -0.05) is 12.8 Å². The van der Waals surface area contributed by atoms with Crippen LogP contribution in [-0.4, -0.2) is 46.7 Å². The number of thioether (sulfide) groups is 1. The molecule has 4 rings (SSSR count). The first-order chi connectivity index (χ1) is 11.8. The molecule has 1 aromatic carbocycles. The monoisotopic (exact) mass is 345 g/mol. The standard InChI is InChI=1S/C18H23N3O2S/c1-23-14-6-11-7-16(18-20-13(9-22)10-24-18)21-17(11)15(8-14)19-12-4-2-3-5-12/h6-8,12-13,19,21-22H,2-5,9-10H2,1H3. The molecule has 1 saturated carbocycles. The number of aliphatic imine (C=N–C) groups is 1. The molecule has 2 heterocycles. The molecule has 5 nitrogen and oxygen atoms in total. The molecule has 6 heteroatoms. The van der Waals surface area contributed by atoms with Gasteiger partial charge in [0, 0.05) is 23.2 Å². The average Bonchev–Trinajstić information content (AvgIpc) is 3.33. The number of hydrogen-bond donors (Lipinski definition) is 3. The van der Waals surface area contributed by atoms with Gasteiger partial charge in [-0.15, -0.1) is 11.8 Å². The maximum Gasteiger partial charge on any atom is 0.121 e. The zero-order valence-electron chi connectivity index (χ0n) is 13.8. The minimum atomic E-state index is 0.0158. The van der Waals surface area contributed by atoms with Crippen LogP contribution in [0, 0.1) is 0 Å². The van der Waals surface area contributed by atoms with E-state index in [-0.39, 0.29) is 12.6 Å². The molecule has 0 radical (unpaired) electrons. The van der Waals surface area contributed by atoms with E-state index in [0.717, 1.165) is 38.8 Å². The topological polar surface area (TPSA) is 69.6 Å². The minimum absolute atomic E-state index is 0.0158. The van der Waals surface area contributed by atoms with Gasteiger partial charge in [0.25, 0.3) is 0 Å². The summed E-state index contributed by atoms with van der Waals surface area (Å²) in [6.07, 6.45) is 5.06. The van der Waals surface area contributed by atoms with Gasteiger partial charge in [0.2, 0.25) is 0 Å². The second kappa shape index (κ2) is 6.69. The van der Waals surface area contributed by atoms with Crippen molar-refractivity contribution in [2.24, 2.45) is 4.99 Å². The third-order valence-corrected chi connectivity index (χ3v) is 5.96. The van der Waals surface area contributed by atoms with E-state index in [1.165, 1.54) is 25.7 Å². The summed E-state index contributed by atoms with van der Waals surface area (Å²) in [5, 5.41) is 15.1. The minimum Gasteiger partial charge on any atom is -0.497 e. The summed E-state index contributed by atoms with van der Waals surface area (Å²) in [6, 6.07) is 6.81. The molecule has 0 amide bonds. The van der Waals surface area contributed by atoms with Crippen LogP contribution in [0.25, 0.3) is 10.9 Å². The number of anilines is 1. The third-order valence-electron chi connectivity index (χ3n) is 4.81. The van der Waals surface area contributed by atoms with E-state index in [1.807, 2.05) is 0 Å². The van der Waals surface area contributed by atoms with Crippen LogP contribution in [0.1, 0.15) is 31.4 Å². The van der Waals surface area contributed by atoms with Gasteiger partial charge >= 0.3 is 0 Å². The quantitative estimate of drug-likeness (QED) is 0.777. The molecule has 128 valence electrons. The van der Waals surface area contributed by atoms with E-state index in [9.17, 15) is 5.11 Å². The number of benzene rings is 1. The molecule has 1 aliphatic heterocycles. The van der Waals surface area contributed by atoms with Crippen LogP contribution < -0.4 is 10.1 Å². The van der Waals surface area contributed by atoms with Crippen molar-refractivity contribution >= 4 is 33.4 Å². The Kier molecular flexibility index (Phi) is 4.41. The second-order valence-electron chi connectivity index (χ2n) is 6.53. The van der Waals surface area contributed by atoms with Gasteiger partial charge in [-0.2, -0.15) is 0 Å². The summed E-state index contributed by atoms with van der Waals surface area (Å²) < 4.78 is 5.47. The Balaban J connectivity index is 1.71. The van der Waals surface area contributed by atoms with Crippen LogP contribution in [0.15, 0.2) is 23.2 Å². The number of H-pyrrole nitrogens is 1. The molecule has 24 heavy (non-hydrogen) atoms. The highest BCUT2D eigenvalue weighted by Gasteiger charge is 2.22. The fourth-order valence-corrected chi connectivity index (χ4v) is 4.53. The van der Waals surface area contributed by atoms with Crippen molar-refractivity contribution in [3.63, 3.8) is 0 Å². The number of nitrogens with zero attached hydrogens (tertiary/aromatic N) is 1. The van der Waals surface area contributed by atoms with E-state index in [0.29, 0.717) is 6.04 Å². The highest BCUT2D eigenvalue weighted by atomic mass is 32.2. The molecule has 1 aromatic heterocycles. The fourth-order valence-electron chi connectivity index (χ4n) is 3.51. The van der Waals surface area contributed by atoms with Gasteiger partial charge in [0.15, 0.2) is 0 Å². The van der Waals surface area contributed by atoms with Crippen molar-refractivity contribution in [1.29, 1.82) is 0 Å². The number of aromatic amines is 1. The largest absolute Gasteiger partial charge is 0.497 e. The molecule has 0 bridgehead atoms. The Morgan fingerprint density at radius 1 is 1.33 bits per heavy atom. The van der Waals surface area contributed by atoms with E-state index < -0.39 is 0 Å². The molecule has 0 spiro atoms. The van der Waals surface area contributed by atoms with Crippen LogP contribution in [-0.2, 0) is 0 Å². The molecule has 2 aliphatic rings. The van der Waals surface area contributed by atoms with Crippen molar-refractivity contribution < 1.29 is 9.84 Å². The summed E-state index contributed by atoms with van der Waals surface area (Å²) in [4.78, 5) is 8.12. The zero-order chi connectivity index (χ0) is 16.5. The van der Waals surface area contributed by atoms with Crippen LogP contribution >= 0.6 is 11.8 Å². The predicted molar refractivity (Wildman–Crippen MR) is 101 cm³/mol. The lowest BCUT2D eigenvalue weighted by Crippen LogP contribution is -2.14. The van der Waals surface area contributed by atoms with E-state index in [2.05, 4.69) is 33.5 Å². The number of rotatable bonds is 5. The molecule has 1 unspecified atom stereocenters. The summed E-state index contributed by atoms with van der Waals surface area (Å²) >= 11 is 1.70. The first-order valence-electron chi connectivity index (χ1n) is 8.56. The van der Waals surface area contributed by atoms with Gasteiger partial charge in [0.05, 0.1) is 36.7 Å². The van der Waals surface area contributed by atoms with Gasteiger partial charge in [0.1, 0.15) is 10.8 Å². The van der Waals surface area contributed by atoms with Crippen molar-refractivity contribution in [2.45, 2.75) is 37.8 Å². The SMILES string of the molecule is COc1cc(NC2CCCC2)c2[nH]c(C3=NC(CO)CS3)cc2c1. The first-order valence-corrected chi connectivity index (χ1v) is 9.54. The molecule has 2 aromatic rings. The highest BCUT2D eigenvalue weighted by molar-refractivity contribution is 8.14. The van der Waals surface area contributed by atoms with Crippen molar-refractivity contribution in [3.8, 4) is 5.75 Å². The number of aromatic nitrogens is 1. The predicted octanol–water partition coefficient (Wildman–Crippen LogP) is 3.39. The lowest BCUT2D eigenvalue weighted by Gasteiger charge is -2.15. The van der Waals surface area contributed by atoms with Gasteiger partial charge < -0.3 is 20.1 Å². The summed E-state index contributed by atoms with van der Waals surface area (Å²) in [7, 11) is 1.71. The molecule has 1 fully saturated rings. The lowest BCUT2D eigenvalue weighted by atomic mass is 10.1. The third kappa shape index (κ3) is 3.00. The number of nitrogens with one attached hydrogen (secondary N) is 2. The molecule has 1 atom stereocenters. The molecule has 0 saturated heterocycles. The molecular formula is C18H23N3O2S. The first kappa shape index (κ1) is 15.8. The summed E-state index contributed by atoms with van der Waals surface area (Å²) in [5.41, 5.74) is 3.23. The van der Waals surface area contributed by atoms with E-state index >= 15 is 0 Å². The van der Waals surface area contributed by atoms with Crippen LogP contribution in [0.4, 0.5) is 5.69 Å². The zero-order valence-corrected chi connectivity index (χ0v) is 14.7. The smallest absolute Gasteiger partial charge is 0.121 e. The Bertz CT molecular complexity index is 765. The molecule has 3 N–H and O–H groups in total. The molecule has 1 aliphatic carbocycles. The van der Waals surface area contributed by atoms with Gasteiger partial charge in [-0.05, 0) is 25.0 Å². The average molecular weight is 345 g/mol. The van der Waals surface area contributed by atoms with Crippen molar-refractivity contribution in [2.75, 3.05) is 24.8 Å². The Morgan fingerprint density at radius 3 is 2.88 bits per heavy atom. The normalized spacial score (nSPS) is 21.4. The number of ether oxygens (including phenoxy) is 1. The maximum atomic E-state index is 9.29. The van der Waals surface area contributed by atoms with Crippen molar-refractivity contribution in [3.05, 3.63) is 23.9 Å². The second-order valence-corrected chi connectivity index (χ2v) is 7.54. The Labute approximate surface area is 145 Å². The van der Waals surface area contributed by atoms with Gasteiger partial charge in [-0.3, -0.25) is 4.99 Å². The number of aliphatic hydroxyl groups excluding tert-OH is 1. The number of methoxy groups -OCH3 is 1. The van der Waals surface area contributed by atoms with Crippen LogP contribution in [0.2, 0.25) is 0 Å². The van der Waals surface area contributed by atoms with Gasteiger partial charge in [-0.25, -0.2) is 0 Å². The van der Waals surface area contributed by atoms with Crippen LogP contribution in [0.3, 0.4) is 0 Å². The fraction of sp³-hybridized carbons (Fsp3) is 0.500. The lowest BCUT2D eigenvalue weighted by molar-refractivity contribution is 0.277. The van der Waals surface area contributed by atoms with E-state index in [4.69, 9.17) is 4.74 Å². The number of hydrogen-bond acceptors (Lipinski definition) is 5. The maximum absolute atomic E-state index is 9.29. The van der Waals surface area contributed by atoms with Crippen molar-refractivity contribution in [1.82, 2.24) is 4.98 Å².